The number of amides is 1. The zero-order valence-corrected chi connectivity index (χ0v) is 16.7. The first-order chi connectivity index (χ1) is 13.2. The van der Waals surface area contributed by atoms with Crippen LogP contribution in [-0.2, 0) is 12.3 Å². The summed E-state index contributed by atoms with van der Waals surface area (Å²) in [5, 5.41) is 4.99. The molecule has 2 aromatic carbocycles. The van der Waals surface area contributed by atoms with Crippen molar-refractivity contribution in [1.29, 1.82) is 0 Å². The Morgan fingerprint density at radius 2 is 2.04 bits per heavy atom. The van der Waals surface area contributed by atoms with Gasteiger partial charge >= 0.3 is 0 Å². The van der Waals surface area contributed by atoms with Gasteiger partial charge in [-0.2, -0.15) is 0 Å². The van der Waals surface area contributed by atoms with Gasteiger partial charge in [-0.25, -0.2) is 4.98 Å². The Morgan fingerprint density at radius 1 is 1.19 bits per heavy atom. The molecule has 140 valence electrons. The summed E-state index contributed by atoms with van der Waals surface area (Å²) < 4.78 is 10.6. The lowest BCUT2D eigenvalue weighted by Gasteiger charge is -2.13. The van der Waals surface area contributed by atoms with Gasteiger partial charge in [0.25, 0.3) is 5.91 Å². The Bertz CT molecular complexity index is 898. The highest BCUT2D eigenvalue weighted by Crippen LogP contribution is 2.27. The second kappa shape index (κ2) is 9.43. The first-order valence-corrected chi connectivity index (χ1v) is 10.2. The summed E-state index contributed by atoms with van der Waals surface area (Å²) in [6.07, 6.45) is 0. The lowest BCUT2D eigenvalue weighted by atomic mass is 10.1. The van der Waals surface area contributed by atoms with Crippen molar-refractivity contribution in [3.63, 3.8) is 0 Å². The van der Waals surface area contributed by atoms with Crippen LogP contribution in [0.2, 0.25) is 0 Å². The van der Waals surface area contributed by atoms with Crippen LogP contribution < -0.4 is 14.8 Å². The quantitative estimate of drug-likeness (QED) is 0.569. The molecular formula is C20H20N2O3S2. The van der Waals surface area contributed by atoms with Crippen LogP contribution >= 0.6 is 23.1 Å². The molecule has 27 heavy (non-hydrogen) atoms. The number of carbonyl (C=O) groups is 1. The van der Waals surface area contributed by atoms with Gasteiger partial charge in [0.1, 0.15) is 11.5 Å². The third-order valence-electron chi connectivity index (χ3n) is 3.92. The van der Waals surface area contributed by atoms with Crippen LogP contribution in [0.3, 0.4) is 0 Å². The van der Waals surface area contributed by atoms with Crippen LogP contribution in [-0.4, -0.2) is 25.1 Å². The van der Waals surface area contributed by atoms with Gasteiger partial charge in [0, 0.05) is 34.2 Å². The molecule has 0 atom stereocenters. The molecule has 1 N–H and O–H groups in total. The number of nitrogens with zero attached hydrogens (tertiary/aromatic N) is 1. The Kier molecular flexibility index (Phi) is 6.73. The van der Waals surface area contributed by atoms with E-state index < -0.39 is 0 Å². The molecule has 0 aliphatic rings. The molecule has 0 spiro atoms. The number of carbonyl (C=O) groups excluding carboxylic acids is 1. The molecule has 0 unspecified atom stereocenters. The van der Waals surface area contributed by atoms with E-state index in [0.29, 0.717) is 23.6 Å². The fourth-order valence-corrected chi connectivity index (χ4v) is 4.13. The average Bonchev–Trinajstić information content (AvgIpc) is 3.24. The van der Waals surface area contributed by atoms with Gasteiger partial charge in [0.05, 0.1) is 31.0 Å². The maximum absolute atomic E-state index is 12.7. The maximum atomic E-state index is 12.7. The number of aromatic nitrogens is 1. The molecule has 1 aromatic heterocycles. The van der Waals surface area contributed by atoms with E-state index in [1.54, 1.807) is 43.4 Å². The molecule has 0 bridgehead atoms. The Hall–Kier alpha value is -2.51. The van der Waals surface area contributed by atoms with Crippen LogP contribution in [0.5, 0.6) is 11.5 Å². The number of nitrogens with one attached hydrogen (secondary N) is 1. The third-order valence-corrected chi connectivity index (χ3v) is 5.67. The minimum absolute atomic E-state index is 0.116. The van der Waals surface area contributed by atoms with Gasteiger partial charge < -0.3 is 14.8 Å². The van der Waals surface area contributed by atoms with E-state index in [-0.39, 0.29) is 5.91 Å². The highest BCUT2D eigenvalue weighted by Gasteiger charge is 2.13. The highest BCUT2D eigenvalue weighted by molar-refractivity contribution is 7.98. The van der Waals surface area contributed by atoms with Crippen molar-refractivity contribution in [3.8, 4) is 11.5 Å². The van der Waals surface area contributed by atoms with Crippen molar-refractivity contribution in [2.45, 2.75) is 17.2 Å². The van der Waals surface area contributed by atoms with Crippen molar-refractivity contribution in [1.82, 2.24) is 10.3 Å². The summed E-state index contributed by atoms with van der Waals surface area (Å²) >= 11 is 3.18. The molecule has 1 heterocycles. The van der Waals surface area contributed by atoms with Crippen molar-refractivity contribution in [3.05, 3.63) is 70.2 Å². The molecule has 0 radical (unpaired) electrons. The van der Waals surface area contributed by atoms with Crippen molar-refractivity contribution in [2.24, 2.45) is 0 Å². The molecule has 5 nitrogen and oxygen atoms in total. The van der Waals surface area contributed by atoms with Crippen LogP contribution in [0.15, 0.2) is 58.3 Å². The zero-order chi connectivity index (χ0) is 19.1. The first kappa shape index (κ1) is 19.3. The fourth-order valence-electron chi connectivity index (χ4n) is 2.51. The second-order valence-electron chi connectivity index (χ2n) is 5.63. The van der Waals surface area contributed by atoms with E-state index in [9.17, 15) is 4.79 Å². The third kappa shape index (κ3) is 5.02. The van der Waals surface area contributed by atoms with E-state index in [1.165, 1.54) is 0 Å². The number of thioether (sulfide) groups is 1. The van der Waals surface area contributed by atoms with Crippen molar-refractivity contribution < 1.29 is 14.3 Å². The summed E-state index contributed by atoms with van der Waals surface area (Å²) in [6, 6.07) is 13.1. The SMILES string of the molecule is COc1ccc(CNC(=O)c2ccccc2SCc2cscn2)c(OC)c1. The lowest BCUT2D eigenvalue weighted by molar-refractivity contribution is 0.0947. The summed E-state index contributed by atoms with van der Waals surface area (Å²) in [5.74, 6) is 2.01. The smallest absolute Gasteiger partial charge is 0.252 e. The van der Waals surface area contributed by atoms with Crippen LogP contribution in [0.1, 0.15) is 21.6 Å². The van der Waals surface area contributed by atoms with Crippen LogP contribution in [0.4, 0.5) is 0 Å². The second-order valence-corrected chi connectivity index (χ2v) is 7.36. The fraction of sp³-hybridized carbons (Fsp3) is 0.200. The van der Waals surface area contributed by atoms with E-state index in [0.717, 1.165) is 21.9 Å². The number of hydrogen-bond acceptors (Lipinski definition) is 6. The Balaban J connectivity index is 1.68. The minimum Gasteiger partial charge on any atom is -0.497 e. The normalized spacial score (nSPS) is 10.4. The van der Waals surface area contributed by atoms with Gasteiger partial charge in [-0.1, -0.05) is 12.1 Å². The number of benzene rings is 2. The van der Waals surface area contributed by atoms with Gasteiger partial charge in [0.15, 0.2) is 0 Å². The van der Waals surface area contributed by atoms with Gasteiger partial charge in [-0.15, -0.1) is 23.1 Å². The van der Waals surface area contributed by atoms with E-state index in [1.807, 2.05) is 47.3 Å². The largest absolute Gasteiger partial charge is 0.497 e. The summed E-state index contributed by atoms with van der Waals surface area (Å²) in [4.78, 5) is 17.9. The van der Waals surface area contributed by atoms with Crippen LogP contribution in [0.25, 0.3) is 0 Å². The molecule has 3 aromatic rings. The Morgan fingerprint density at radius 3 is 2.78 bits per heavy atom. The molecular weight excluding hydrogens is 380 g/mol. The summed E-state index contributed by atoms with van der Waals surface area (Å²) in [5.41, 5.74) is 4.38. The molecule has 0 aliphatic heterocycles. The number of rotatable bonds is 8. The van der Waals surface area contributed by atoms with Gasteiger partial charge in [0.2, 0.25) is 0 Å². The molecule has 0 saturated heterocycles. The number of hydrogen-bond donors (Lipinski definition) is 1. The van der Waals surface area contributed by atoms with Crippen molar-refractivity contribution >= 4 is 29.0 Å². The molecule has 3 rings (SSSR count). The van der Waals surface area contributed by atoms with E-state index in [4.69, 9.17) is 9.47 Å². The average molecular weight is 401 g/mol. The predicted octanol–water partition coefficient (Wildman–Crippen LogP) is 4.38. The Labute approximate surface area is 166 Å². The minimum atomic E-state index is -0.116. The molecule has 7 heteroatoms. The molecule has 0 aliphatic carbocycles. The maximum Gasteiger partial charge on any atom is 0.252 e. The summed E-state index contributed by atoms with van der Waals surface area (Å²) in [6.45, 7) is 0.372. The lowest BCUT2D eigenvalue weighted by Crippen LogP contribution is -2.23. The number of ether oxygens (including phenoxy) is 2. The van der Waals surface area contributed by atoms with Crippen molar-refractivity contribution in [2.75, 3.05) is 14.2 Å². The first-order valence-electron chi connectivity index (χ1n) is 8.29. The zero-order valence-electron chi connectivity index (χ0n) is 15.1. The van der Waals surface area contributed by atoms with Gasteiger partial charge in [-0.05, 0) is 24.3 Å². The summed E-state index contributed by atoms with van der Waals surface area (Å²) in [7, 11) is 3.21. The van der Waals surface area contributed by atoms with Crippen LogP contribution in [0, 0.1) is 0 Å². The molecule has 0 saturated carbocycles. The molecule has 1 amide bonds. The highest BCUT2D eigenvalue weighted by atomic mass is 32.2. The topological polar surface area (TPSA) is 60.5 Å². The monoisotopic (exact) mass is 400 g/mol. The predicted molar refractivity (Wildman–Crippen MR) is 109 cm³/mol. The number of thiazole rings is 1. The molecule has 0 fully saturated rings. The standard InChI is InChI=1S/C20H20N2O3S2/c1-24-16-8-7-14(18(9-16)25-2)10-21-20(23)17-5-3-4-6-19(17)27-12-15-11-26-13-22-15/h3-9,11,13H,10,12H2,1-2H3,(H,21,23). The van der Waals surface area contributed by atoms with E-state index >= 15 is 0 Å². The van der Waals surface area contributed by atoms with E-state index in [2.05, 4.69) is 10.3 Å². The van der Waals surface area contributed by atoms with Gasteiger partial charge in [-0.3, -0.25) is 4.79 Å². The number of methoxy groups -OCH3 is 2.